The number of aryl methyl sites for hydroxylation is 1. The van der Waals surface area contributed by atoms with Crippen molar-refractivity contribution in [2.45, 2.75) is 50.9 Å². The number of aromatic nitrogens is 4. The van der Waals surface area contributed by atoms with Gasteiger partial charge in [-0.25, -0.2) is 9.97 Å². The van der Waals surface area contributed by atoms with Gasteiger partial charge in [-0.1, -0.05) is 11.2 Å². The molecule has 0 radical (unpaired) electrons. The summed E-state index contributed by atoms with van der Waals surface area (Å²) in [6, 6.07) is 10.0. The molecule has 4 aromatic rings. The van der Waals surface area contributed by atoms with E-state index >= 15 is 0 Å². The van der Waals surface area contributed by atoms with Crippen LogP contribution >= 0.6 is 0 Å². The van der Waals surface area contributed by atoms with Crippen molar-refractivity contribution in [1.82, 2.24) is 24.0 Å². The predicted molar refractivity (Wildman–Crippen MR) is 152 cm³/mol. The summed E-state index contributed by atoms with van der Waals surface area (Å²) in [5, 5.41) is 1.06. The summed E-state index contributed by atoms with van der Waals surface area (Å²) in [5.41, 5.74) is 10.4. The highest BCUT2D eigenvalue weighted by molar-refractivity contribution is 7.90. The first-order chi connectivity index (χ1) is 18.9. The van der Waals surface area contributed by atoms with Gasteiger partial charge in [-0.15, -0.1) is 0 Å². The maximum atomic E-state index is 13.7. The van der Waals surface area contributed by atoms with Gasteiger partial charge in [0.15, 0.2) is 5.82 Å². The summed E-state index contributed by atoms with van der Waals surface area (Å²) in [6.45, 7) is 2.11. The van der Waals surface area contributed by atoms with Gasteiger partial charge in [0, 0.05) is 42.3 Å². The summed E-state index contributed by atoms with van der Waals surface area (Å²) in [6.07, 6.45) is 8.04. The standard InChI is InChI=1S/C29H34N6O3S/c1-38-24-14-20(29(36)35-16-19-7-8-22(35)25(19)30)12-21-26(24)33(10-11-39(2)37)28(32-21)23-13-18-4-3-9-31-27(18)34(23)15-17-5-6-17/h3-4,9,12-14,17,19,22,25H,5-8,10-11,15-16,30H2,1-2H3/t19-,22-,25-,39?/m1/s1. The topological polar surface area (TPSA) is 114 Å². The van der Waals surface area contributed by atoms with Crippen molar-refractivity contribution in [1.29, 1.82) is 0 Å². The van der Waals surface area contributed by atoms with Gasteiger partial charge in [-0.05, 0) is 67.9 Å². The largest absolute Gasteiger partial charge is 0.617 e. The van der Waals surface area contributed by atoms with Gasteiger partial charge in [-0.2, -0.15) is 0 Å². The Morgan fingerprint density at radius 1 is 1.21 bits per heavy atom. The summed E-state index contributed by atoms with van der Waals surface area (Å²) in [7, 11) is 1.62. The number of carbonyl (C=O) groups excluding carboxylic acids is 1. The molecule has 1 saturated heterocycles. The van der Waals surface area contributed by atoms with Crippen molar-refractivity contribution in [3.63, 3.8) is 0 Å². The molecule has 10 heteroatoms. The Balaban J connectivity index is 1.38. The van der Waals surface area contributed by atoms with E-state index in [1.165, 1.54) is 12.8 Å². The molecule has 9 nitrogen and oxygen atoms in total. The Kier molecular flexibility index (Phi) is 6.09. The van der Waals surface area contributed by atoms with Gasteiger partial charge in [-0.3, -0.25) is 4.79 Å². The highest BCUT2D eigenvalue weighted by Crippen LogP contribution is 2.40. The lowest BCUT2D eigenvalue weighted by atomic mass is 10.1. The van der Waals surface area contributed by atoms with Crippen LogP contribution in [0.3, 0.4) is 0 Å². The third-order valence-electron chi connectivity index (χ3n) is 8.81. The van der Waals surface area contributed by atoms with Gasteiger partial charge < -0.3 is 29.1 Å². The van der Waals surface area contributed by atoms with E-state index in [4.69, 9.17) is 20.4 Å². The number of benzene rings is 1. The van der Waals surface area contributed by atoms with Crippen molar-refractivity contribution < 1.29 is 14.1 Å². The number of likely N-dealkylation sites (tertiary alicyclic amines) is 1. The molecule has 204 valence electrons. The van der Waals surface area contributed by atoms with Crippen LogP contribution in [0.1, 0.15) is 36.0 Å². The molecule has 0 spiro atoms. The van der Waals surface area contributed by atoms with Crippen molar-refractivity contribution in [3.8, 4) is 17.3 Å². The molecule has 39 heavy (non-hydrogen) atoms. The number of amides is 1. The molecule has 2 N–H and O–H groups in total. The molecule has 2 aliphatic carbocycles. The summed E-state index contributed by atoms with van der Waals surface area (Å²) in [5.74, 6) is 2.86. The number of hydrogen-bond donors (Lipinski definition) is 1. The van der Waals surface area contributed by atoms with Gasteiger partial charge in [0.05, 0.1) is 31.1 Å². The molecule has 2 bridgehead atoms. The molecule has 4 atom stereocenters. The van der Waals surface area contributed by atoms with E-state index in [-0.39, 0.29) is 18.0 Å². The van der Waals surface area contributed by atoms with E-state index < -0.39 is 11.2 Å². The number of nitrogens with zero attached hydrogens (tertiary/aromatic N) is 5. The lowest BCUT2D eigenvalue weighted by Gasteiger charge is -2.27. The van der Waals surface area contributed by atoms with Crippen molar-refractivity contribution in [3.05, 3.63) is 42.1 Å². The zero-order valence-corrected chi connectivity index (χ0v) is 23.2. The van der Waals surface area contributed by atoms with Crippen LogP contribution in [0.15, 0.2) is 36.5 Å². The van der Waals surface area contributed by atoms with Crippen LogP contribution in [0, 0.1) is 11.8 Å². The molecule has 3 aliphatic rings. The molecule has 7 rings (SSSR count). The first-order valence-corrected chi connectivity index (χ1v) is 15.5. The van der Waals surface area contributed by atoms with Crippen molar-refractivity contribution in [2.24, 2.45) is 17.6 Å². The Morgan fingerprint density at radius 3 is 2.74 bits per heavy atom. The monoisotopic (exact) mass is 546 g/mol. The summed E-state index contributed by atoms with van der Waals surface area (Å²) >= 11 is -0.985. The highest BCUT2D eigenvalue weighted by Gasteiger charge is 2.47. The van der Waals surface area contributed by atoms with Crippen LogP contribution in [0.4, 0.5) is 0 Å². The van der Waals surface area contributed by atoms with E-state index in [2.05, 4.69) is 21.3 Å². The number of imidazole rings is 1. The van der Waals surface area contributed by atoms with E-state index in [9.17, 15) is 9.35 Å². The van der Waals surface area contributed by atoms with Crippen LogP contribution < -0.4 is 10.5 Å². The van der Waals surface area contributed by atoms with Gasteiger partial charge in [0.1, 0.15) is 22.7 Å². The Labute approximate surface area is 230 Å². The molecule has 1 unspecified atom stereocenters. The number of rotatable bonds is 8. The smallest absolute Gasteiger partial charge is 0.254 e. The zero-order valence-electron chi connectivity index (χ0n) is 22.4. The van der Waals surface area contributed by atoms with Crippen molar-refractivity contribution >= 4 is 39.1 Å². The normalized spacial score (nSPS) is 23.3. The maximum Gasteiger partial charge on any atom is 0.254 e. The van der Waals surface area contributed by atoms with E-state index in [0.717, 1.165) is 47.5 Å². The van der Waals surface area contributed by atoms with E-state index in [1.54, 1.807) is 13.4 Å². The second-order valence-electron chi connectivity index (χ2n) is 11.4. The third-order valence-corrected chi connectivity index (χ3v) is 9.57. The number of nitrogens with two attached hydrogens (primary N) is 1. The average molecular weight is 547 g/mol. The van der Waals surface area contributed by atoms with E-state index in [0.29, 0.717) is 47.5 Å². The van der Waals surface area contributed by atoms with Crippen LogP contribution in [-0.4, -0.2) is 72.2 Å². The van der Waals surface area contributed by atoms with Gasteiger partial charge in [0.25, 0.3) is 5.91 Å². The molecule has 1 amide bonds. The number of methoxy groups -OCH3 is 1. The van der Waals surface area contributed by atoms with Crippen LogP contribution in [0.2, 0.25) is 0 Å². The molecular weight excluding hydrogens is 512 g/mol. The third kappa shape index (κ3) is 4.20. The molecule has 4 heterocycles. The minimum atomic E-state index is -0.985. The molecule has 1 aromatic carbocycles. The lowest BCUT2D eigenvalue weighted by molar-refractivity contribution is 0.0700. The van der Waals surface area contributed by atoms with Gasteiger partial charge >= 0.3 is 0 Å². The molecule has 1 aliphatic heterocycles. The minimum absolute atomic E-state index is 0.0179. The fraction of sp³-hybridized carbons (Fsp3) is 0.483. The summed E-state index contributed by atoms with van der Waals surface area (Å²) in [4.78, 5) is 25.5. The Morgan fingerprint density at radius 2 is 2.05 bits per heavy atom. The summed E-state index contributed by atoms with van der Waals surface area (Å²) < 4.78 is 22.4. The number of hydrogen-bond acceptors (Lipinski definition) is 6. The predicted octanol–water partition coefficient (Wildman–Crippen LogP) is 3.41. The fourth-order valence-electron chi connectivity index (χ4n) is 6.61. The minimum Gasteiger partial charge on any atom is -0.617 e. The van der Waals surface area contributed by atoms with Crippen LogP contribution in [0.5, 0.6) is 5.75 Å². The highest BCUT2D eigenvalue weighted by atomic mass is 32.2. The Bertz CT molecular complexity index is 1570. The first kappa shape index (κ1) is 24.9. The van der Waals surface area contributed by atoms with Crippen molar-refractivity contribution in [2.75, 3.05) is 25.7 Å². The van der Waals surface area contributed by atoms with E-state index in [1.807, 2.05) is 29.3 Å². The van der Waals surface area contributed by atoms with Crippen LogP contribution in [-0.2, 0) is 24.3 Å². The second kappa shape index (κ2) is 9.53. The fourth-order valence-corrected chi connectivity index (χ4v) is 7.05. The Hall–Kier alpha value is -3.08. The second-order valence-corrected chi connectivity index (χ2v) is 12.9. The lowest BCUT2D eigenvalue weighted by Crippen LogP contribution is -2.41. The first-order valence-electron chi connectivity index (χ1n) is 13.8. The molecule has 3 aromatic heterocycles. The van der Waals surface area contributed by atoms with Gasteiger partial charge in [0.2, 0.25) is 0 Å². The SMILES string of the molecule is COc1cc(C(=O)N2C[C@H]3CC[C@@H]2[C@@H]3N)cc2nc(-c3cc4cccnc4n3CC3CC3)n(CC[S+](C)[O-])c12. The molecule has 2 saturated carbocycles. The number of ether oxygens (including phenoxy) is 1. The quantitative estimate of drug-likeness (QED) is 0.339. The molecular formula is C29H34N6O3S. The number of carbonyl (C=O) groups is 1. The maximum absolute atomic E-state index is 13.7. The number of piperidine rings is 1. The average Bonchev–Trinajstić information content (AvgIpc) is 3.29. The zero-order chi connectivity index (χ0) is 26.8. The number of fused-ring (bicyclic) bond motifs is 4. The number of pyridine rings is 1. The van der Waals surface area contributed by atoms with Crippen LogP contribution in [0.25, 0.3) is 33.6 Å². The molecule has 3 fully saturated rings.